The summed E-state index contributed by atoms with van der Waals surface area (Å²) in [5.74, 6) is 0.221. The van der Waals surface area contributed by atoms with Gasteiger partial charge in [-0.05, 0) is 24.7 Å². The van der Waals surface area contributed by atoms with Crippen molar-refractivity contribution in [2.75, 3.05) is 32.1 Å². The maximum absolute atomic E-state index is 12.2. The van der Waals surface area contributed by atoms with Crippen LogP contribution >= 0.6 is 0 Å². The van der Waals surface area contributed by atoms with Gasteiger partial charge >= 0.3 is 0 Å². The SMILES string of the molecule is CC(C)(C)CCS(=O)(=O)N1CCC(OCCO)CC1. The van der Waals surface area contributed by atoms with Crippen LogP contribution in [0.5, 0.6) is 0 Å². The van der Waals surface area contributed by atoms with Gasteiger partial charge in [-0.2, -0.15) is 0 Å². The van der Waals surface area contributed by atoms with Crippen molar-refractivity contribution >= 4 is 10.0 Å². The predicted molar refractivity (Wildman–Crippen MR) is 75.5 cm³/mol. The van der Waals surface area contributed by atoms with E-state index in [4.69, 9.17) is 9.84 Å². The van der Waals surface area contributed by atoms with E-state index in [0.717, 1.165) is 12.8 Å². The molecule has 1 aliphatic heterocycles. The first-order chi connectivity index (χ1) is 8.74. The van der Waals surface area contributed by atoms with Crippen LogP contribution in [-0.2, 0) is 14.8 Å². The number of hydrogen-bond acceptors (Lipinski definition) is 4. The molecule has 0 aromatic heterocycles. The van der Waals surface area contributed by atoms with Crippen molar-refractivity contribution in [1.82, 2.24) is 4.31 Å². The van der Waals surface area contributed by atoms with Crippen LogP contribution in [0.2, 0.25) is 0 Å². The van der Waals surface area contributed by atoms with Gasteiger partial charge in [-0.1, -0.05) is 20.8 Å². The van der Waals surface area contributed by atoms with E-state index in [0.29, 0.717) is 26.1 Å². The van der Waals surface area contributed by atoms with Crippen LogP contribution in [-0.4, -0.2) is 56.0 Å². The molecular weight excluding hydrogens is 266 g/mol. The lowest BCUT2D eigenvalue weighted by atomic mass is 9.94. The van der Waals surface area contributed by atoms with Crippen LogP contribution in [0.1, 0.15) is 40.0 Å². The first-order valence-electron chi connectivity index (χ1n) is 6.95. The number of hydrogen-bond donors (Lipinski definition) is 1. The van der Waals surface area contributed by atoms with E-state index >= 15 is 0 Å². The van der Waals surface area contributed by atoms with Crippen molar-refractivity contribution in [1.29, 1.82) is 0 Å². The van der Waals surface area contributed by atoms with E-state index in [1.165, 1.54) is 0 Å². The Labute approximate surface area is 117 Å². The molecule has 0 amide bonds. The fraction of sp³-hybridized carbons (Fsp3) is 1.00. The molecule has 1 aliphatic rings. The summed E-state index contributed by atoms with van der Waals surface area (Å²) >= 11 is 0. The number of aliphatic hydroxyl groups is 1. The van der Waals surface area contributed by atoms with Crippen molar-refractivity contribution in [3.8, 4) is 0 Å². The van der Waals surface area contributed by atoms with Gasteiger partial charge in [-0.15, -0.1) is 0 Å². The highest BCUT2D eigenvalue weighted by atomic mass is 32.2. The Morgan fingerprint density at radius 1 is 1.26 bits per heavy atom. The van der Waals surface area contributed by atoms with Gasteiger partial charge < -0.3 is 9.84 Å². The summed E-state index contributed by atoms with van der Waals surface area (Å²) in [6, 6.07) is 0. The molecule has 0 aromatic rings. The summed E-state index contributed by atoms with van der Waals surface area (Å²) in [4.78, 5) is 0. The molecule has 1 heterocycles. The molecule has 19 heavy (non-hydrogen) atoms. The first-order valence-corrected chi connectivity index (χ1v) is 8.56. The fourth-order valence-electron chi connectivity index (χ4n) is 2.06. The number of nitrogens with zero attached hydrogens (tertiary/aromatic N) is 1. The van der Waals surface area contributed by atoms with E-state index in [9.17, 15) is 8.42 Å². The second kappa shape index (κ2) is 7.02. The molecule has 0 saturated carbocycles. The molecule has 1 saturated heterocycles. The molecule has 0 aliphatic carbocycles. The lowest BCUT2D eigenvalue weighted by Crippen LogP contribution is -2.42. The standard InChI is InChI=1S/C13H27NO4S/c1-13(2,3)6-11-19(16,17)14-7-4-12(5-8-14)18-10-9-15/h12,15H,4-11H2,1-3H3. The first kappa shape index (κ1) is 16.9. The minimum Gasteiger partial charge on any atom is -0.394 e. The molecule has 1 rings (SSSR count). The maximum atomic E-state index is 12.2. The number of sulfonamides is 1. The summed E-state index contributed by atoms with van der Waals surface area (Å²) in [5.41, 5.74) is 0.0373. The third kappa shape index (κ3) is 6.21. The maximum Gasteiger partial charge on any atom is 0.214 e. The van der Waals surface area contributed by atoms with Crippen LogP contribution in [0, 0.1) is 5.41 Å². The zero-order valence-electron chi connectivity index (χ0n) is 12.3. The monoisotopic (exact) mass is 293 g/mol. The van der Waals surface area contributed by atoms with Crippen molar-refractivity contribution in [3.05, 3.63) is 0 Å². The molecular formula is C13H27NO4S. The number of ether oxygens (including phenoxy) is 1. The molecule has 0 radical (unpaired) electrons. The molecule has 114 valence electrons. The van der Waals surface area contributed by atoms with Crippen molar-refractivity contribution < 1.29 is 18.3 Å². The smallest absolute Gasteiger partial charge is 0.214 e. The average molecular weight is 293 g/mol. The van der Waals surface area contributed by atoms with Gasteiger partial charge in [0.1, 0.15) is 0 Å². The Morgan fingerprint density at radius 3 is 2.32 bits per heavy atom. The van der Waals surface area contributed by atoms with Crippen molar-refractivity contribution in [2.24, 2.45) is 5.41 Å². The minimum absolute atomic E-state index is 0.0180. The van der Waals surface area contributed by atoms with E-state index in [1.807, 2.05) is 0 Å². The van der Waals surface area contributed by atoms with Crippen LogP contribution in [0.25, 0.3) is 0 Å². The van der Waals surface area contributed by atoms with Gasteiger partial charge in [0.25, 0.3) is 0 Å². The lowest BCUT2D eigenvalue weighted by molar-refractivity contribution is 0.00317. The van der Waals surface area contributed by atoms with Gasteiger partial charge in [0, 0.05) is 13.1 Å². The summed E-state index contributed by atoms with van der Waals surface area (Å²) in [6.07, 6.45) is 2.20. The molecule has 1 N–H and O–H groups in total. The third-order valence-electron chi connectivity index (χ3n) is 3.35. The van der Waals surface area contributed by atoms with Gasteiger partial charge in [0.2, 0.25) is 10.0 Å². The third-order valence-corrected chi connectivity index (χ3v) is 5.22. The van der Waals surface area contributed by atoms with Crippen molar-refractivity contribution in [2.45, 2.75) is 46.1 Å². The van der Waals surface area contributed by atoms with Gasteiger partial charge in [-0.25, -0.2) is 12.7 Å². The van der Waals surface area contributed by atoms with Crippen LogP contribution in [0.15, 0.2) is 0 Å². The summed E-state index contributed by atoms with van der Waals surface area (Å²) in [5, 5.41) is 8.69. The Morgan fingerprint density at radius 2 is 1.84 bits per heavy atom. The fourth-order valence-corrected chi connectivity index (χ4v) is 3.96. The molecule has 6 heteroatoms. The number of rotatable bonds is 6. The molecule has 0 unspecified atom stereocenters. The second-order valence-corrected chi connectivity index (χ2v) is 8.41. The largest absolute Gasteiger partial charge is 0.394 e. The summed E-state index contributed by atoms with van der Waals surface area (Å²) < 4.78 is 31.4. The highest BCUT2D eigenvalue weighted by Crippen LogP contribution is 2.22. The van der Waals surface area contributed by atoms with Crippen LogP contribution in [0.4, 0.5) is 0 Å². The van der Waals surface area contributed by atoms with E-state index in [2.05, 4.69) is 20.8 Å². The Kier molecular flexibility index (Phi) is 6.23. The van der Waals surface area contributed by atoms with Gasteiger partial charge in [0.05, 0.1) is 25.1 Å². The summed E-state index contributed by atoms with van der Waals surface area (Å²) in [6.45, 7) is 7.57. The Balaban J connectivity index is 2.41. The molecule has 5 nitrogen and oxygen atoms in total. The predicted octanol–water partition coefficient (Wildman–Crippen LogP) is 1.23. The average Bonchev–Trinajstić information content (AvgIpc) is 2.34. The number of piperidine rings is 1. The Hall–Kier alpha value is -0.170. The molecule has 0 atom stereocenters. The minimum atomic E-state index is -3.13. The zero-order chi connectivity index (χ0) is 14.5. The zero-order valence-corrected chi connectivity index (χ0v) is 13.1. The molecule has 0 bridgehead atoms. The normalized spacial score (nSPS) is 19.8. The molecule has 0 spiro atoms. The summed E-state index contributed by atoms with van der Waals surface area (Å²) in [7, 11) is -3.13. The van der Waals surface area contributed by atoms with Gasteiger partial charge in [-0.3, -0.25) is 0 Å². The molecule has 1 fully saturated rings. The Bertz CT molecular complexity index is 353. The lowest BCUT2D eigenvalue weighted by Gasteiger charge is -2.31. The quantitative estimate of drug-likeness (QED) is 0.800. The van der Waals surface area contributed by atoms with Crippen LogP contribution in [0.3, 0.4) is 0 Å². The second-order valence-electron chi connectivity index (χ2n) is 6.32. The topological polar surface area (TPSA) is 66.8 Å². The molecule has 0 aromatic carbocycles. The van der Waals surface area contributed by atoms with E-state index in [1.54, 1.807) is 4.31 Å². The van der Waals surface area contributed by atoms with Crippen LogP contribution < -0.4 is 0 Å². The van der Waals surface area contributed by atoms with Crippen molar-refractivity contribution in [3.63, 3.8) is 0 Å². The highest BCUT2D eigenvalue weighted by molar-refractivity contribution is 7.89. The van der Waals surface area contributed by atoms with E-state index in [-0.39, 0.29) is 23.9 Å². The highest BCUT2D eigenvalue weighted by Gasteiger charge is 2.29. The van der Waals surface area contributed by atoms with Gasteiger partial charge in [0.15, 0.2) is 0 Å². The number of aliphatic hydroxyl groups excluding tert-OH is 1. The van der Waals surface area contributed by atoms with E-state index < -0.39 is 10.0 Å².